The van der Waals surface area contributed by atoms with E-state index in [4.69, 9.17) is 0 Å². The topological polar surface area (TPSA) is 24.1 Å². The van der Waals surface area contributed by atoms with Crippen molar-refractivity contribution in [3.63, 3.8) is 0 Å². The van der Waals surface area contributed by atoms with Gasteiger partial charge in [0.05, 0.1) is 0 Å². The van der Waals surface area contributed by atoms with Gasteiger partial charge in [-0.15, -0.1) is 0 Å². The molecule has 0 spiro atoms. The molecule has 1 saturated carbocycles. The van der Waals surface area contributed by atoms with E-state index in [1.165, 1.54) is 37.7 Å². The molecule has 0 aromatic heterocycles. The Balaban J connectivity index is 2.53. The van der Waals surface area contributed by atoms with Crippen molar-refractivity contribution in [2.24, 2.45) is 17.3 Å². The van der Waals surface area contributed by atoms with E-state index in [1.54, 1.807) is 0 Å². The Labute approximate surface area is 132 Å². The lowest BCUT2D eigenvalue weighted by Crippen LogP contribution is -2.46. The van der Waals surface area contributed by atoms with Gasteiger partial charge >= 0.3 is 0 Å². The van der Waals surface area contributed by atoms with Crippen LogP contribution in [-0.2, 0) is 0 Å². The fourth-order valence-electron chi connectivity index (χ4n) is 2.98. The second-order valence-corrected chi connectivity index (χ2v) is 8.70. The van der Waals surface area contributed by atoms with E-state index in [1.807, 2.05) is 0 Å². The molecule has 1 aliphatic carbocycles. The summed E-state index contributed by atoms with van der Waals surface area (Å²) in [5.41, 5.74) is 9.52. The third-order valence-electron chi connectivity index (χ3n) is 4.52. The van der Waals surface area contributed by atoms with Crippen LogP contribution in [0.2, 0.25) is 0 Å². The largest absolute Gasteiger partial charge is 0.325 e. The Morgan fingerprint density at radius 3 is 1.90 bits per heavy atom. The third kappa shape index (κ3) is 6.25. The van der Waals surface area contributed by atoms with E-state index >= 15 is 0 Å². The fraction of sp³-hybridized carbons (Fsp3) is 0.789. The van der Waals surface area contributed by atoms with Crippen LogP contribution < -0.4 is 10.9 Å². The summed E-state index contributed by atoms with van der Waals surface area (Å²) >= 11 is 0. The van der Waals surface area contributed by atoms with Gasteiger partial charge in [-0.3, -0.25) is 0 Å². The van der Waals surface area contributed by atoms with Gasteiger partial charge in [-0.05, 0) is 63.7 Å². The summed E-state index contributed by atoms with van der Waals surface area (Å²) in [6.07, 6.45) is 6.27. The molecule has 0 amide bonds. The van der Waals surface area contributed by atoms with E-state index in [0.717, 1.165) is 5.70 Å². The lowest BCUT2D eigenvalue weighted by molar-refractivity contribution is 0.354. The monoisotopic (exact) mass is 292 g/mol. The summed E-state index contributed by atoms with van der Waals surface area (Å²) < 4.78 is 0. The highest BCUT2D eigenvalue weighted by atomic mass is 15.4. The molecule has 2 nitrogen and oxygen atoms in total. The van der Waals surface area contributed by atoms with Gasteiger partial charge < -0.3 is 5.43 Å². The Morgan fingerprint density at radius 1 is 0.857 bits per heavy atom. The van der Waals surface area contributed by atoms with Crippen molar-refractivity contribution in [3.05, 3.63) is 24.4 Å². The first-order valence-corrected chi connectivity index (χ1v) is 8.42. The summed E-state index contributed by atoms with van der Waals surface area (Å²) in [6.45, 7) is 21.9. The van der Waals surface area contributed by atoms with E-state index in [9.17, 15) is 0 Å². The quantitative estimate of drug-likeness (QED) is 0.423. The number of hydrogen-bond donors (Lipinski definition) is 2. The maximum atomic E-state index is 4.38. The molecule has 0 radical (unpaired) electrons. The molecule has 1 fully saturated rings. The zero-order chi connectivity index (χ0) is 16.3. The van der Waals surface area contributed by atoms with Crippen LogP contribution in [0.4, 0.5) is 0 Å². The van der Waals surface area contributed by atoms with Gasteiger partial charge in [-0.2, -0.15) is 0 Å². The zero-order valence-electron chi connectivity index (χ0n) is 15.1. The average molecular weight is 293 g/mol. The molecule has 0 bridgehead atoms. The molecule has 0 saturated heterocycles. The minimum atomic E-state index is 0.0662. The maximum absolute atomic E-state index is 4.38. The predicted molar refractivity (Wildman–Crippen MR) is 93.8 cm³/mol. The van der Waals surface area contributed by atoms with Crippen molar-refractivity contribution in [2.45, 2.75) is 79.2 Å². The van der Waals surface area contributed by atoms with Gasteiger partial charge in [0, 0.05) is 11.2 Å². The molecule has 1 aliphatic rings. The molecule has 1 rings (SSSR count). The molecular formula is C19H36N2. The van der Waals surface area contributed by atoms with Gasteiger partial charge in [-0.25, -0.2) is 5.43 Å². The van der Waals surface area contributed by atoms with Crippen LogP contribution in [0.1, 0.15) is 73.6 Å². The zero-order valence-corrected chi connectivity index (χ0v) is 15.1. The van der Waals surface area contributed by atoms with Gasteiger partial charge in [0.2, 0.25) is 0 Å². The van der Waals surface area contributed by atoms with Crippen molar-refractivity contribution in [1.82, 2.24) is 10.9 Å². The summed E-state index contributed by atoms with van der Waals surface area (Å²) in [5.74, 6) is 1.26. The smallest absolute Gasteiger partial charge is 0.0286 e. The number of hydrazine groups is 1. The van der Waals surface area contributed by atoms with Crippen LogP contribution in [0.3, 0.4) is 0 Å². The second kappa shape index (κ2) is 7.00. The Kier molecular flexibility index (Phi) is 6.10. The first-order chi connectivity index (χ1) is 9.50. The molecule has 0 aliphatic heterocycles. The first kappa shape index (κ1) is 18.3. The van der Waals surface area contributed by atoms with Crippen molar-refractivity contribution in [2.75, 3.05) is 0 Å². The molecule has 0 aromatic rings. The predicted octanol–water partition coefficient (Wildman–Crippen LogP) is 5.19. The Morgan fingerprint density at radius 2 is 1.38 bits per heavy atom. The summed E-state index contributed by atoms with van der Waals surface area (Å²) in [4.78, 5) is 0. The highest BCUT2D eigenvalue weighted by molar-refractivity contribution is 5.11. The van der Waals surface area contributed by atoms with Crippen LogP contribution in [0.25, 0.3) is 0 Å². The van der Waals surface area contributed by atoms with Crippen LogP contribution in [-0.4, -0.2) is 5.54 Å². The van der Waals surface area contributed by atoms with Gasteiger partial charge in [0.25, 0.3) is 0 Å². The third-order valence-corrected chi connectivity index (χ3v) is 4.52. The maximum Gasteiger partial charge on any atom is 0.0286 e. The van der Waals surface area contributed by atoms with Crippen molar-refractivity contribution >= 4 is 0 Å². The van der Waals surface area contributed by atoms with Gasteiger partial charge in [0.1, 0.15) is 0 Å². The minimum absolute atomic E-state index is 0.0662. The van der Waals surface area contributed by atoms with E-state index < -0.39 is 0 Å². The van der Waals surface area contributed by atoms with Crippen molar-refractivity contribution < 1.29 is 0 Å². The standard InChI is InChI=1S/C19H36N2/c1-14(18(3,4)5)16-10-9-11-17(13-12-16)15(2)20-21-19(6,7)8/h16-17,20-21H,1-2,9-13H2,3-8H3. The summed E-state index contributed by atoms with van der Waals surface area (Å²) in [7, 11) is 0. The number of allylic oxidation sites excluding steroid dienone is 2. The minimum Gasteiger partial charge on any atom is -0.325 e. The summed E-state index contributed by atoms with van der Waals surface area (Å²) in [5, 5.41) is 0. The molecule has 2 N–H and O–H groups in total. The highest BCUT2D eigenvalue weighted by Gasteiger charge is 2.27. The fourth-order valence-corrected chi connectivity index (χ4v) is 2.98. The normalized spacial score (nSPS) is 24.3. The van der Waals surface area contributed by atoms with E-state index in [0.29, 0.717) is 11.8 Å². The number of hydrogen-bond acceptors (Lipinski definition) is 2. The molecular weight excluding hydrogens is 256 g/mol. The Bertz CT molecular complexity index is 368. The van der Waals surface area contributed by atoms with Gasteiger partial charge in [-0.1, -0.05) is 45.9 Å². The number of rotatable bonds is 4. The van der Waals surface area contributed by atoms with Crippen LogP contribution >= 0.6 is 0 Å². The lowest BCUT2D eigenvalue weighted by Gasteiger charge is -2.29. The molecule has 0 heterocycles. The van der Waals surface area contributed by atoms with E-state index in [-0.39, 0.29) is 11.0 Å². The summed E-state index contributed by atoms with van der Waals surface area (Å²) in [6, 6.07) is 0. The second-order valence-electron chi connectivity index (χ2n) is 8.70. The van der Waals surface area contributed by atoms with Crippen molar-refractivity contribution in [3.8, 4) is 0 Å². The molecule has 21 heavy (non-hydrogen) atoms. The molecule has 2 heteroatoms. The molecule has 2 unspecified atom stereocenters. The molecule has 0 aromatic carbocycles. The van der Waals surface area contributed by atoms with Gasteiger partial charge in [0.15, 0.2) is 0 Å². The SMILES string of the molecule is C=C(NNC(C)(C)C)C1CCCC(C(=C)C(C)(C)C)CC1. The average Bonchev–Trinajstić information content (AvgIpc) is 2.58. The molecule has 122 valence electrons. The van der Waals surface area contributed by atoms with Crippen LogP contribution in [0.5, 0.6) is 0 Å². The lowest BCUT2D eigenvalue weighted by atomic mass is 9.77. The molecule has 2 atom stereocenters. The van der Waals surface area contributed by atoms with Crippen LogP contribution in [0.15, 0.2) is 24.4 Å². The Hall–Kier alpha value is -0.760. The van der Waals surface area contributed by atoms with Crippen molar-refractivity contribution in [1.29, 1.82) is 0 Å². The number of nitrogens with one attached hydrogen (secondary N) is 2. The first-order valence-electron chi connectivity index (χ1n) is 8.42. The van der Waals surface area contributed by atoms with E-state index in [2.05, 4.69) is 65.6 Å². The van der Waals surface area contributed by atoms with Crippen LogP contribution in [0, 0.1) is 17.3 Å². The highest BCUT2D eigenvalue weighted by Crippen LogP contribution is 2.39.